The molecule has 1 saturated heterocycles. The summed E-state index contributed by atoms with van der Waals surface area (Å²) in [6, 6.07) is 10.1. The maximum Gasteiger partial charge on any atom is 0.290 e. The molecule has 4 rings (SSSR count). The second-order valence-electron chi connectivity index (χ2n) is 8.28. The Kier molecular flexibility index (Phi) is 7.29. The lowest BCUT2D eigenvalue weighted by Crippen LogP contribution is -2.40. The average molecular weight is 451 g/mol. The molecular weight excluding hydrogens is 420 g/mol. The van der Waals surface area contributed by atoms with Crippen LogP contribution in [0, 0.1) is 0 Å². The normalized spacial score (nSPS) is 19.6. The molecule has 1 fully saturated rings. The molecule has 1 aromatic carbocycles. The van der Waals surface area contributed by atoms with E-state index in [9.17, 15) is 14.7 Å². The maximum absolute atomic E-state index is 13.1. The van der Waals surface area contributed by atoms with Crippen LogP contribution < -0.4 is 4.74 Å². The van der Waals surface area contributed by atoms with Crippen LogP contribution in [-0.2, 0) is 9.59 Å². The molecule has 7 nitrogen and oxygen atoms in total. The van der Waals surface area contributed by atoms with Crippen molar-refractivity contribution < 1.29 is 23.8 Å². The molecule has 3 heterocycles. The lowest BCUT2D eigenvalue weighted by Gasteiger charge is -2.31. The lowest BCUT2D eigenvalue weighted by atomic mass is 9.95. The number of ketones is 1. The third-order valence-corrected chi connectivity index (χ3v) is 6.12. The van der Waals surface area contributed by atoms with Gasteiger partial charge in [0, 0.05) is 13.1 Å². The highest BCUT2D eigenvalue weighted by molar-refractivity contribution is 6.14. The quantitative estimate of drug-likeness (QED) is 0.578. The fraction of sp³-hybridized carbons (Fsp3) is 0.385. The van der Waals surface area contributed by atoms with E-state index in [4.69, 9.17) is 9.15 Å². The minimum Gasteiger partial charge on any atom is -0.503 e. The van der Waals surface area contributed by atoms with Crippen molar-refractivity contribution in [2.45, 2.75) is 32.2 Å². The zero-order chi connectivity index (χ0) is 23.2. The highest BCUT2D eigenvalue weighted by Gasteiger charge is 2.42. The molecule has 0 bridgehead atoms. The number of rotatable bonds is 9. The van der Waals surface area contributed by atoms with Gasteiger partial charge in [-0.15, -0.1) is 0 Å². The summed E-state index contributed by atoms with van der Waals surface area (Å²) >= 11 is 0. The van der Waals surface area contributed by atoms with Gasteiger partial charge in [-0.2, -0.15) is 0 Å². The molecule has 1 amide bonds. The number of piperidine rings is 1. The number of carbonyl (C=O) groups is 2. The molecule has 0 saturated carbocycles. The van der Waals surface area contributed by atoms with E-state index in [0.29, 0.717) is 31.2 Å². The van der Waals surface area contributed by atoms with Crippen LogP contribution in [0.4, 0.5) is 0 Å². The van der Waals surface area contributed by atoms with Crippen molar-refractivity contribution in [3.8, 4) is 5.75 Å². The SMILES string of the molecule is CCOc1ccc(C2C(C(=O)/C=C/c3ccco3)=C(O)C(=O)N2CCN2CCCCC2)cc1. The summed E-state index contributed by atoms with van der Waals surface area (Å²) in [5.41, 5.74) is 0.842. The van der Waals surface area contributed by atoms with Crippen LogP contribution in [0.3, 0.4) is 0 Å². The molecule has 1 unspecified atom stereocenters. The van der Waals surface area contributed by atoms with Crippen molar-refractivity contribution in [2.75, 3.05) is 32.8 Å². The summed E-state index contributed by atoms with van der Waals surface area (Å²) in [4.78, 5) is 30.1. The Morgan fingerprint density at radius 3 is 2.58 bits per heavy atom. The van der Waals surface area contributed by atoms with Crippen molar-refractivity contribution in [1.29, 1.82) is 0 Å². The zero-order valence-corrected chi connectivity index (χ0v) is 18.9. The van der Waals surface area contributed by atoms with Crippen LogP contribution in [0.5, 0.6) is 5.75 Å². The highest BCUT2D eigenvalue weighted by atomic mass is 16.5. The molecule has 2 aromatic rings. The van der Waals surface area contributed by atoms with Gasteiger partial charge in [0.05, 0.1) is 24.5 Å². The molecule has 0 spiro atoms. The van der Waals surface area contributed by atoms with Crippen molar-refractivity contribution in [1.82, 2.24) is 9.80 Å². The van der Waals surface area contributed by atoms with Crippen LogP contribution in [0.25, 0.3) is 6.08 Å². The predicted octanol–water partition coefficient (Wildman–Crippen LogP) is 4.14. The molecule has 1 N–H and O–H groups in total. The van der Waals surface area contributed by atoms with E-state index < -0.39 is 23.5 Å². The van der Waals surface area contributed by atoms with Gasteiger partial charge in [0.15, 0.2) is 11.5 Å². The first-order valence-corrected chi connectivity index (χ1v) is 11.5. The summed E-state index contributed by atoms with van der Waals surface area (Å²) in [6.45, 7) is 5.61. The number of nitrogens with zero attached hydrogens (tertiary/aromatic N) is 2. The van der Waals surface area contributed by atoms with Crippen LogP contribution in [0.15, 0.2) is 64.5 Å². The Bertz CT molecular complexity index is 1020. The standard InChI is InChI=1S/C26H30N2O5/c1-2-32-21-10-8-19(9-11-21)24-23(22(29)13-12-20-7-6-18-33-20)25(30)26(31)28(24)17-16-27-14-4-3-5-15-27/h6-13,18,24,30H,2-5,14-17H2,1H3/b13-12+. The van der Waals surface area contributed by atoms with Gasteiger partial charge in [-0.05, 0) is 74.8 Å². The number of hydrogen-bond acceptors (Lipinski definition) is 6. The summed E-state index contributed by atoms with van der Waals surface area (Å²) in [7, 11) is 0. The fourth-order valence-corrected chi connectivity index (χ4v) is 4.46. The van der Waals surface area contributed by atoms with Crippen molar-refractivity contribution in [2.24, 2.45) is 0 Å². The molecule has 174 valence electrons. The lowest BCUT2D eigenvalue weighted by molar-refractivity contribution is -0.129. The Morgan fingerprint density at radius 2 is 1.91 bits per heavy atom. The van der Waals surface area contributed by atoms with Crippen molar-refractivity contribution >= 4 is 17.8 Å². The first-order chi connectivity index (χ1) is 16.1. The molecule has 1 aromatic heterocycles. The van der Waals surface area contributed by atoms with Crippen LogP contribution in [0.2, 0.25) is 0 Å². The second-order valence-corrected chi connectivity index (χ2v) is 8.28. The fourth-order valence-electron chi connectivity index (χ4n) is 4.46. The molecular formula is C26H30N2O5. The number of likely N-dealkylation sites (tertiary alicyclic amines) is 1. The number of allylic oxidation sites excluding steroid dienone is 1. The average Bonchev–Trinajstić information content (AvgIpc) is 3.44. The number of furan rings is 1. The first kappa shape index (κ1) is 22.9. The number of carbonyl (C=O) groups excluding carboxylic acids is 2. The Morgan fingerprint density at radius 1 is 1.15 bits per heavy atom. The minimum absolute atomic E-state index is 0.0885. The second kappa shape index (κ2) is 10.5. The van der Waals surface area contributed by atoms with E-state index >= 15 is 0 Å². The van der Waals surface area contributed by atoms with Crippen LogP contribution >= 0.6 is 0 Å². The van der Waals surface area contributed by atoms with Crippen LogP contribution in [-0.4, -0.2) is 59.4 Å². The van der Waals surface area contributed by atoms with E-state index in [1.165, 1.54) is 18.8 Å². The van der Waals surface area contributed by atoms with Gasteiger partial charge < -0.3 is 24.1 Å². The molecule has 33 heavy (non-hydrogen) atoms. The summed E-state index contributed by atoms with van der Waals surface area (Å²) in [6.07, 6.45) is 7.94. The van der Waals surface area contributed by atoms with E-state index in [1.807, 2.05) is 31.2 Å². The van der Waals surface area contributed by atoms with E-state index in [-0.39, 0.29) is 5.57 Å². The largest absolute Gasteiger partial charge is 0.503 e. The Hall–Kier alpha value is -3.32. The summed E-state index contributed by atoms with van der Waals surface area (Å²) < 4.78 is 10.8. The molecule has 7 heteroatoms. The third-order valence-electron chi connectivity index (χ3n) is 6.12. The van der Waals surface area contributed by atoms with E-state index in [1.54, 1.807) is 23.1 Å². The van der Waals surface area contributed by atoms with Gasteiger partial charge in [0.1, 0.15) is 11.5 Å². The van der Waals surface area contributed by atoms with Crippen molar-refractivity contribution in [3.63, 3.8) is 0 Å². The minimum atomic E-state index is -0.660. The monoisotopic (exact) mass is 450 g/mol. The maximum atomic E-state index is 13.1. The number of ether oxygens (including phenoxy) is 1. The van der Waals surface area contributed by atoms with Gasteiger partial charge in [-0.25, -0.2) is 0 Å². The number of hydrogen-bond donors (Lipinski definition) is 1. The number of benzene rings is 1. The summed E-state index contributed by atoms with van der Waals surface area (Å²) in [5.74, 6) is -0.185. The number of aliphatic hydroxyl groups is 1. The van der Waals surface area contributed by atoms with Crippen LogP contribution in [0.1, 0.15) is 43.6 Å². The molecule has 0 radical (unpaired) electrons. The van der Waals surface area contributed by atoms with E-state index in [2.05, 4.69) is 4.90 Å². The first-order valence-electron chi connectivity index (χ1n) is 11.5. The predicted molar refractivity (Wildman–Crippen MR) is 125 cm³/mol. The number of aliphatic hydroxyl groups excluding tert-OH is 1. The van der Waals surface area contributed by atoms with Gasteiger partial charge in [-0.3, -0.25) is 9.59 Å². The Labute approximate surface area is 193 Å². The van der Waals surface area contributed by atoms with E-state index in [0.717, 1.165) is 31.5 Å². The topological polar surface area (TPSA) is 83.2 Å². The highest BCUT2D eigenvalue weighted by Crippen LogP contribution is 2.38. The molecule has 1 atom stereocenters. The Balaban J connectivity index is 1.61. The van der Waals surface area contributed by atoms with Gasteiger partial charge in [-0.1, -0.05) is 18.6 Å². The van der Waals surface area contributed by atoms with Gasteiger partial charge >= 0.3 is 0 Å². The molecule has 0 aliphatic carbocycles. The molecule has 2 aliphatic heterocycles. The number of amides is 1. The van der Waals surface area contributed by atoms with Gasteiger partial charge in [0.25, 0.3) is 5.91 Å². The molecule has 2 aliphatic rings. The summed E-state index contributed by atoms with van der Waals surface area (Å²) in [5, 5.41) is 10.7. The zero-order valence-electron chi connectivity index (χ0n) is 18.9. The van der Waals surface area contributed by atoms with Crippen molar-refractivity contribution in [3.05, 3.63) is 71.4 Å². The van der Waals surface area contributed by atoms with Gasteiger partial charge in [0.2, 0.25) is 0 Å². The third kappa shape index (κ3) is 5.20. The smallest absolute Gasteiger partial charge is 0.290 e.